The number of aromatic nitrogens is 1. The number of fused-ring (bicyclic) bond motifs is 2. The molecule has 0 aliphatic heterocycles. The van der Waals surface area contributed by atoms with E-state index < -0.39 is 0 Å². The van der Waals surface area contributed by atoms with Gasteiger partial charge in [0.25, 0.3) is 5.91 Å². The molecule has 1 amide bonds. The summed E-state index contributed by atoms with van der Waals surface area (Å²) in [5.74, 6) is 2.88. The molecule has 146 valence electrons. The zero-order valence-electron chi connectivity index (χ0n) is 16.8. The van der Waals surface area contributed by atoms with Crippen molar-refractivity contribution in [2.75, 3.05) is 0 Å². The molecule has 1 N–H and O–H groups in total. The molecule has 28 heavy (non-hydrogen) atoms. The Morgan fingerprint density at radius 2 is 1.75 bits per heavy atom. The van der Waals surface area contributed by atoms with E-state index in [0.29, 0.717) is 5.41 Å². The maximum absolute atomic E-state index is 13.6. The summed E-state index contributed by atoms with van der Waals surface area (Å²) in [6, 6.07) is 8.44. The van der Waals surface area contributed by atoms with E-state index in [1.54, 1.807) is 0 Å². The van der Waals surface area contributed by atoms with E-state index in [1.807, 2.05) is 18.2 Å². The predicted octanol–water partition coefficient (Wildman–Crippen LogP) is 5.06. The lowest BCUT2D eigenvalue weighted by Gasteiger charge is -2.59. The summed E-state index contributed by atoms with van der Waals surface area (Å²) in [5.41, 5.74) is 4.57. The predicted molar refractivity (Wildman–Crippen MR) is 111 cm³/mol. The number of hydrogen-bond acceptors (Lipinski definition) is 2. The molecular formula is C25H30N2O. The second kappa shape index (κ2) is 6.05. The number of carbonyl (C=O) groups is 1. The first-order valence-corrected chi connectivity index (χ1v) is 11.3. The highest BCUT2D eigenvalue weighted by Gasteiger charge is 2.53. The number of hydrogen-bond donors (Lipinski definition) is 1. The molecule has 5 aliphatic carbocycles. The van der Waals surface area contributed by atoms with E-state index in [-0.39, 0.29) is 11.9 Å². The minimum absolute atomic E-state index is 0.139. The molecule has 2 aromatic rings. The molecule has 1 aromatic carbocycles. The van der Waals surface area contributed by atoms with Gasteiger partial charge in [-0.1, -0.05) is 18.2 Å². The first kappa shape index (κ1) is 17.0. The Hall–Kier alpha value is -1.90. The van der Waals surface area contributed by atoms with Crippen LogP contribution in [0.4, 0.5) is 0 Å². The van der Waals surface area contributed by atoms with Gasteiger partial charge in [0.2, 0.25) is 0 Å². The van der Waals surface area contributed by atoms with Crippen molar-refractivity contribution in [1.82, 2.24) is 10.3 Å². The monoisotopic (exact) mass is 374 g/mol. The van der Waals surface area contributed by atoms with Crippen LogP contribution in [0.25, 0.3) is 10.9 Å². The van der Waals surface area contributed by atoms with Crippen molar-refractivity contribution < 1.29 is 4.79 Å². The van der Waals surface area contributed by atoms with Crippen LogP contribution in [0.3, 0.4) is 0 Å². The van der Waals surface area contributed by atoms with E-state index in [2.05, 4.69) is 18.3 Å². The van der Waals surface area contributed by atoms with Gasteiger partial charge in [-0.15, -0.1) is 0 Å². The van der Waals surface area contributed by atoms with E-state index in [9.17, 15) is 4.79 Å². The molecule has 4 bridgehead atoms. The number of nitrogens with zero attached hydrogens (tertiary/aromatic N) is 1. The van der Waals surface area contributed by atoms with Crippen molar-refractivity contribution in [3.63, 3.8) is 0 Å². The topological polar surface area (TPSA) is 42.0 Å². The fourth-order valence-electron chi connectivity index (χ4n) is 7.60. The third-order valence-corrected chi connectivity index (χ3v) is 8.50. The Morgan fingerprint density at radius 1 is 1.07 bits per heavy atom. The van der Waals surface area contributed by atoms with Gasteiger partial charge in [0.1, 0.15) is 0 Å². The Balaban J connectivity index is 1.34. The third-order valence-electron chi connectivity index (χ3n) is 8.50. The molecule has 4 saturated carbocycles. The lowest BCUT2D eigenvalue weighted by atomic mass is 9.48. The van der Waals surface area contributed by atoms with Crippen LogP contribution in [0, 0.1) is 23.2 Å². The molecule has 1 atom stereocenters. The number of rotatable bonds is 3. The van der Waals surface area contributed by atoms with Gasteiger partial charge in [-0.25, -0.2) is 0 Å². The third kappa shape index (κ3) is 2.47. The van der Waals surface area contributed by atoms with Crippen LogP contribution in [-0.4, -0.2) is 16.9 Å². The van der Waals surface area contributed by atoms with Crippen molar-refractivity contribution in [3.8, 4) is 0 Å². The maximum Gasteiger partial charge on any atom is 0.252 e. The number of amides is 1. The SMILES string of the molecule is CC(NC(=O)c1c2c(nc3ccccc13)CCC2)C12CC3CC(CC(C3)C1)C2. The molecule has 4 fully saturated rings. The second-order valence-corrected chi connectivity index (χ2v) is 10.3. The zero-order valence-corrected chi connectivity index (χ0v) is 16.8. The van der Waals surface area contributed by atoms with Crippen molar-refractivity contribution >= 4 is 16.8 Å². The van der Waals surface area contributed by atoms with Crippen molar-refractivity contribution in [2.45, 2.75) is 70.8 Å². The van der Waals surface area contributed by atoms with Crippen LogP contribution in [0.1, 0.15) is 73.5 Å². The quantitative estimate of drug-likeness (QED) is 0.816. The van der Waals surface area contributed by atoms with Gasteiger partial charge in [-0.2, -0.15) is 0 Å². The van der Waals surface area contributed by atoms with Gasteiger partial charge in [0, 0.05) is 17.1 Å². The first-order chi connectivity index (χ1) is 13.6. The van der Waals surface area contributed by atoms with Gasteiger partial charge < -0.3 is 5.32 Å². The Kier molecular flexibility index (Phi) is 3.67. The molecular weight excluding hydrogens is 344 g/mol. The van der Waals surface area contributed by atoms with Crippen molar-refractivity contribution in [2.24, 2.45) is 23.2 Å². The molecule has 0 spiro atoms. The molecule has 3 heteroatoms. The minimum atomic E-state index is 0.139. The number of nitrogens with one attached hydrogen (secondary N) is 1. The van der Waals surface area contributed by atoms with Gasteiger partial charge in [0.15, 0.2) is 0 Å². The highest BCUT2D eigenvalue weighted by Crippen LogP contribution is 2.61. The summed E-state index contributed by atoms with van der Waals surface area (Å²) >= 11 is 0. The molecule has 1 unspecified atom stereocenters. The van der Waals surface area contributed by atoms with E-state index in [1.165, 1.54) is 44.1 Å². The summed E-state index contributed by atoms with van der Waals surface area (Å²) < 4.78 is 0. The average molecular weight is 375 g/mol. The van der Waals surface area contributed by atoms with Crippen LogP contribution < -0.4 is 5.32 Å². The smallest absolute Gasteiger partial charge is 0.252 e. The van der Waals surface area contributed by atoms with Crippen LogP contribution in [-0.2, 0) is 12.8 Å². The van der Waals surface area contributed by atoms with E-state index in [0.717, 1.165) is 59.2 Å². The summed E-state index contributed by atoms with van der Waals surface area (Å²) in [5, 5.41) is 4.53. The Bertz CT molecular complexity index is 927. The Labute approximate surface area is 167 Å². The zero-order chi connectivity index (χ0) is 18.9. The van der Waals surface area contributed by atoms with Crippen LogP contribution in [0.5, 0.6) is 0 Å². The van der Waals surface area contributed by atoms with E-state index >= 15 is 0 Å². The average Bonchev–Trinajstić information content (AvgIpc) is 3.12. The van der Waals surface area contributed by atoms with Crippen LogP contribution in [0.15, 0.2) is 24.3 Å². The van der Waals surface area contributed by atoms with Crippen molar-refractivity contribution in [1.29, 1.82) is 0 Å². The molecule has 1 heterocycles. The normalized spacial score (nSPS) is 33.8. The molecule has 5 aliphatic rings. The first-order valence-electron chi connectivity index (χ1n) is 11.3. The minimum Gasteiger partial charge on any atom is -0.349 e. The molecule has 0 radical (unpaired) electrons. The summed E-state index contributed by atoms with van der Waals surface area (Å²) in [4.78, 5) is 18.4. The Morgan fingerprint density at radius 3 is 2.46 bits per heavy atom. The van der Waals surface area contributed by atoms with Crippen LogP contribution >= 0.6 is 0 Å². The van der Waals surface area contributed by atoms with Gasteiger partial charge in [0.05, 0.1) is 11.1 Å². The fraction of sp³-hybridized carbons (Fsp3) is 0.600. The number of aryl methyl sites for hydroxylation is 1. The highest BCUT2D eigenvalue weighted by molar-refractivity contribution is 6.08. The van der Waals surface area contributed by atoms with Crippen molar-refractivity contribution in [3.05, 3.63) is 41.1 Å². The molecule has 7 rings (SSSR count). The van der Waals surface area contributed by atoms with Gasteiger partial charge in [-0.05, 0) is 99.5 Å². The molecule has 0 saturated heterocycles. The van der Waals surface area contributed by atoms with Gasteiger partial charge in [-0.3, -0.25) is 9.78 Å². The summed E-state index contributed by atoms with van der Waals surface area (Å²) in [6.07, 6.45) is 11.4. The number of para-hydroxylation sites is 1. The largest absolute Gasteiger partial charge is 0.349 e. The number of benzene rings is 1. The van der Waals surface area contributed by atoms with Crippen LogP contribution in [0.2, 0.25) is 0 Å². The number of pyridine rings is 1. The number of carbonyl (C=O) groups excluding carboxylic acids is 1. The molecule has 3 nitrogen and oxygen atoms in total. The summed E-state index contributed by atoms with van der Waals surface area (Å²) in [6.45, 7) is 2.29. The summed E-state index contributed by atoms with van der Waals surface area (Å²) in [7, 11) is 0. The van der Waals surface area contributed by atoms with Gasteiger partial charge >= 0.3 is 0 Å². The lowest BCUT2D eigenvalue weighted by Crippen LogP contribution is -2.55. The second-order valence-electron chi connectivity index (χ2n) is 10.3. The fourth-order valence-corrected chi connectivity index (χ4v) is 7.60. The highest BCUT2D eigenvalue weighted by atomic mass is 16.1. The molecule has 1 aromatic heterocycles. The maximum atomic E-state index is 13.6. The lowest BCUT2D eigenvalue weighted by molar-refractivity contribution is -0.0687. The van der Waals surface area contributed by atoms with E-state index in [4.69, 9.17) is 4.98 Å². The standard InChI is InChI=1S/C25H30N2O/c1-15(25-12-16-9-17(13-25)11-18(10-16)14-25)26-24(28)23-19-5-2-3-7-21(19)27-22-8-4-6-20(22)23/h2-3,5,7,15-18H,4,6,8-14H2,1H3,(H,26,28).